The number of para-hydroxylation sites is 1. The Bertz CT molecular complexity index is 1290. The van der Waals surface area contributed by atoms with Gasteiger partial charge in [0.2, 0.25) is 5.91 Å². The minimum absolute atomic E-state index is 0.198. The number of halogens is 2. The molecule has 0 spiro atoms. The number of carbonyl (C=O) groups is 1. The van der Waals surface area contributed by atoms with E-state index in [1.54, 1.807) is 0 Å². The highest BCUT2D eigenvalue weighted by Crippen LogP contribution is 2.53. The molecule has 2 aromatic carbocycles. The predicted octanol–water partition coefficient (Wildman–Crippen LogP) is 6.20. The van der Waals surface area contributed by atoms with E-state index < -0.39 is 5.60 Å². The number of pyridine rings is 1. The second kappa shape index (κ2) is 12.0. The van der Waals surface area contributed by atoms with Gasteiger partial charge >= 0.3 is 0 Å². The maximum Gasteiger partial charge on any atom is 0.231 e. The van der Waals surface area contributed by atoms with Crippen molar-refractivity contribution in [1.82, 2.24) is 10.3 Å². The number of unbranched alkanes of at least 4 members (excludes halogenated alkanes) is 1. The summed E-state index contributed by atoms with van der Waals surface area (Å²) in [5, 5.41) is 4.37. The monoisotopic (exact) mass is 553 g/mol. The molecule has 0 saturated heterocycles. The number of primary amides is 1. The third-order valence-electron chi connectivity index (χ3n) is 7.08. The molecule has 3 N–H and O–H groups in total. The Morgan fingerprint density at radius 1 is 1.05 bits per heavy atom. The van der Waals surface area contributed by atoms with Gasteiger partial charge in [0.1, 0.15) is 5.75 Å². The third kappa shape index (κ3) is 6.67. The summed E-state index contributed by atoms with van der Waals surface area (Å²) < 4.78 is 12.8. The molecule has 2 aliphatic carbocycles. The van der Waals surface area contributed by atoms with Crippen molar-refractivity contribution >= 4 is 29.1 Å². The van der Waals surface area contributed by atoms with Crippen molar-refractivity contribution in [2.75, 3.05) is 13.1 Å². The van der Waals surface area contributed by atoms with Crippen molar-refractivity contribution in [2.24, 2.45) is 5.73 Å². The number of hydrogen-bond acceptors (Lipinski definition) is 5. The first kappa shape index (κ1) is 26.9. The first-order valence-corrected chi connectivity index (χ1v) is 14.0. The van der Waals surface area contributed by atoms with Gasteiger partial charge in [-0.15, -0.1) is 0 Å². The number of rotatable bonds is 14. The van der Waals surface area contributed by atoms with Crippen molar-refractivity contribution in [1.29, 1.82) is 0 Å². The van der Waals surface area contributed by atoms with E-state index in [9.17, 15) is 4.79 Å². The Kier molecular flexibility index (Phi) is 8.54. The van der Waals surface area contributed by atoms with Gasteiger partial charge in [0, 0.05) is 33.6 Å². The minimum Gasteiger partial charge on any atom is -0.490 e. The number of aryl methyl sites for hydroxylation is 1. The molecule has 8 heteroatoms. The lowest BCUT2D eigenvalue weighted by molar-refractivity contribution is -0.117. The van der Waals surface area contributed by atoms with E-state index >= 15 is 0 Å². The van der Waals surface area contributed by atoms with Crippen molar-refractivity contribution in [2.45, 2.75) is 63.3 Å². The number of amides is 1. The molecule has 2 saturated carbocycles. The quantitative estimate of drug-likeness (QED) is 0.232. The molecule has 6 nitrogen and oxygen atoms in total. The molecule has 3 aromatic rings. The highest BCUT2D eigenvalue weighted by molar-refractivity contribution is 6.34. The average Bonchev–Trinajstić information content (AvgIpc) is 3.84. The van der Waals surface area contributed by atoms with E-state index in [1.807, 2.05) is 42.7 Å². The largest absolute Gasteiger partial charge is 0.490 e. The van der Waals surface area contributed by atoms with Crippen LogP contribution in [0.2, 0.25) is 10.0 Å². The van der Waals surface area contributed by atoms with Crippen LogP contribution in [0.1, 0.15) is 55.2 Å². The van der Waals surface area contributed by atoms with Gasteiger partial charge in [-0.2, -0.15) is 0 Å². The number of nitrogens with zero attached hydrogens (tertiary/aromatic N) is 1. The van der Waals surface area contributed by atoms with Crippen LogP contribution in [0, 0.1) is 0 Å². The lowest BCUT2D eigenvalue weighted by Crippen LogP contribution is -2.29. The first-order valence-electron chi connectivity index (χ1n) is 13.3. The van der Waals surface area contributed by atoms with Crippen LogP contribution in [0.4, 0.5) is 0 Å². The van der Waals surface area contributed by atoms with Crippen LogP contribution >= 0.6 is 23.2 Å². The molecule has 38 heavy (non-hydrogen) atoms. The van der Waals surface area contributed by atoms with Crippen LogP contribution in [0.15, 0.2) is 54.9 Å². The number of aromatic nitrogens is 1. The van der Waals surface area contributed by atoms with E-state index in [0.29, 0.717) is 22.8 Å². The molecule has 2 fully saturated rings. The van der Waals surface area contributed by atoms with Crippen LogP contribution in [0.25, 0.3) is 11.1 Å². The first-order chi connectivity index (χ1) is 18.4. The number of ether oxygens (including phenoxy) is 2. The second-order valence-corrected chi connectivity index (χ2v) is 11.0. The lowest BCUT2D eigenvalue weighted by atomic mass is 9.96. The number of nitrogens with one attached hydrogen (secondary N) is 1. The minimum atomic E-state index is -0.400. The zero-order valence-electron chi connectivity index (χ0n) is 21.3. The molecule has 0 unspecified atom stereocenters. The second-order valence-electron chi connectivity index (χ2n) is 10.2. The van der Waals surface area contributed by atoms with Crippen LogP contribution in [-0.2, 0) is 28.2 Å². The zero-order valence-corrected chi connectivity index (χ0v) is 22.9. The molecule has 0 atom stereocenters. The van der Waals surface area contributed by atoms with Gasteiger partial charge in [0.25, 0.3) is 0 Å². The molecular formula is C30H33Cl2N3O3. The topological polar surface area (TPSA) is 86.5 Å². The Morgan fingerprint density at radius 3 is 2.58 bits per heavy atom. The third-order valence-corrected chi connectivity index (χ3v) is 7.78. The van der Waals surface area contributed by atoms with E-state index in [0.717, 1.165) is 85.1 Å². The highest BCUT2D eigenvalue weighted by Gasteiger charge is 2.47. The molecular weight excluding hydrogens is 521 g/mol. The summed E-state index contributed by atoms with van der Waals surface area (Å²) in [5.41, 5.74) is 9.87. The van der Waals surface area contributed by atoms with Gasteiger partial charge in [-0.3, -0.25) is 9.78 Å². The van der Waals surface area contributed by atoms with Gasteiger partial charge in [0.05, 0.1) is 24.9 Å². The van der Waals surface area contributed by atoms with E-state index in [4.69, 9.17) is 38.4 Å². The summed E-state index contributed by atoms with van der Waals surface area (Å²) in [6.45, 7) is 1.30. The normalized spacial score (nSPS) is 15.8. The van der Waals surface area contributed by atoms with Crippen LogP contribution in [0.5, 0.6) is 5.75 Å². The molecule has 0 radical (unpaired) electrons. The average molecular weight is 555 g/mol. The fourth-order valence-corrected chi connectivity index (χ4v) is 5.20. The number of nitrogens with two attached hydrogens (primary N) is 1. The number of hydrogen-bond donors (Lipinski definition) is 2. The maximum absolute atomic E-state index is 10.8. The molecule has 0 aliphatic heterocycles. The van der Waals surface area contributed by atoms with Crippen LogP contribution < -0.4 is 15.8 Å². The Hall–Kier alpha value is -2.64. The Morgan fingerprint density at radius 2 is 1.82 bits per heavy atom. The molecule has 1 aromatic heterocycles. The fourth-order valence-electron chi connectivity index (χ4n) is 4.68. The smallest absolute Gasteiger partial charge is 0.231 e. The molecule has 1 amide bonds. The fraction of sp³-hybridized carbons (Fsp3) is 0.400. The molecule has 200 valence electrons. The van der Waals surface area contributed by atoms with E-state index in [1.165, 1.54) is 0 Å². The SMILES string of the molecule is NC(=O)CNCCCCc1cc(Cl)c(COC2(c3cnccc3-c3ccccc3OC3CC3)CC2)cc1Cl. The predicted molar refractivity (Wildman–Crippen MR) is 150 cm³/mol. The molecule has 0 bridgehead atoms. The van der Waals surface area contributed by atoms with Crippen molar-refractivity contribution in [3.05, 3.63) is 81.6 Å². The summed E-state index contributed by atoms with van der Waals surface area (Å²) in [7, 11) is 0. The summed E-state index contributed by atoms with van der Waals surface area (Å²) >= 11 is 13.3. The zero-order chi connectivity index (χ0) is 26.5. The van der Waals surface area contributed by atoms with E-state index in [2.05, 4.69) is 22.4 Å². The summed E-state index contributed by atoms with van der Waals surface area (Å²) in [4.78, 5) is 15.2. The summed E-state index contributed by atoms with van der Waals surface area (Å²) in [5.74, 6) is 0.560. The van der Waals surface area contributed by atoms with Gasteiger partial charge in [0.15, 0.2) is 0 Å². The van der Waals surface area contributed by atoms with E-state index in [-0.39, 0.29) is 12.5 Å². The number of benzene rings is 2. The highest BCUT2D eigenvalue weighted by atomic mass is 35.5. The van der Waals surface area contributed by atoms with Crippen molar-refractivity contribution in [3.8, 4) is 16.9 Å². The van der Waals surface area contributed by atoms with Crippen LogP contribution in [-0.4, -0.2) is 30.1 Å². The summed E-state index contributed by atoms with van der Waals surface area (Å²) in [6.07, 6.45) is 10.8. The van der Waals surface area contributed by atoms with Gasteiger partial charge in [-0.25, -0.2) is 0 Å². The summed E-state index contributed by atoms with van der Waals surface area (Å²) in [6, 6.07) is 14.1. The van der Waals surface area contributed by atoms with Crippen LogP contribution in [0.3, 0.4) is 0 Å². The van der Waals surface area contributed by atoms with Gasteiger partial charge in [-0.05, 0) is 92.4 Å². The number of carbonyl (C=O) groups excluding carboxylic acids is 1. The Balaban J connectivity index is 1.25. The lowest BCUT2D eigenvalue weighted by Gasteiger charge is -2.22. The molecule has 5 rings (SSSR count). The molecule has 1 heterocycles. The molecule has 2 aliphatic rings. The van der Waals surface area contributed by atoms with Crippen molar-refractivity contribution in [3.63, 3.8) is 0 Å². The Labute approximate surface area is 233 Å². The standard InChI is InChI=1S/C30H33Cl2N3O3/c31-26-16-21(27(32)15-20(26)5-3-4-13-34-18-29(33)36)19-37-30(11-12-30)25-17-35-14-10-23(25)24-6-1-2-7-28(24)38-22-8-9-22/h1-2,6-7,10,14-17,22,34H,3-5,8-9,11-13,18-19H2,(H2,33,36). The maximum atomic E-state index is 10.8. The van der Waals surface area contributed by atoms with Gasteiger partial charge in [-0.1, -0.05) is 41.4 Å². The van der Waals surface area contributed by atoms with Crippen molar-refractivity contribution < 1.29 is 14.3 Å². The van der Waals surface area contributed by atoms with Gasteiger partial charge < -0.3 is 20.5 Å².